The molecule has 0 fully saturated rings. The van der Waals surface area contributed by atoms with E-state index in [-0.39, 0.29) is 27.5 Å². The van der Waals surface area contributed by atoms with Crippen molar-refractivity contribution in [3.8, 4) is 16.3 Å². The summed E-state index contributed by atoms with van der Waals surface area (Å²) in [5.74, 6) is -1.83. The van der Waals surface area contributed by atoms with E-state index in [0.29, 0.717) is 28.4 Å². The van der Waals surface area contributed by atoms with E-state index in [0.717, 1.165) is 22.3 Å². The average molecular weight is 577 g/mol. The number of fused-ring (bicyclic) bond motifs is 1. The summed E-state index contributed by atoms with van der Waals surface area (Å²) < 4.78 is 31.7. The smallest absolute Gasteiger partial charge is 0.326 e. The number of halogens is 2. The predicted molar refractivity (Wildman–Crippen MR) is 155 cm³/mol. The van der Waals surface area contributed by atoms with Gasteiger partial charge in [-0.1, -0.05) is 18.2 Å². The average Bonchev–Trinajstić information content (AvgIpc) is 3.28. The zero-order valence-corrected chi connectivity index (χ0v) is 23.6. The van der Waals surface area contributed by atoms with Crippen molar-refractivity contribution in [1.29, 1.82) is 0 Å². The fourth-order valence-corrected chi connectivity index (χ4v) is 5.87. The van der Waals surface area contributed by atoms with Gasteiger partial charge >= 0.3 is 5.69 Å². The van der Waals surface area contributed by atoms with Crippen LogP contribution in [0, 0.1) is 18.6 Å². The van der Waals surface area contributed by atoms with Gasteiger partial charge < -0.3 is 10.2 Å². The second-order valence-corrected chi connectivity index (χ2v) is 10.8. The Hall–Kier alpha value is -4.55. The molecule has 0 radical (unpaired) electrons. The summed E-state index contributed by atoms with van der Waals surface area (Å²) in [6.07, 6.45) is 0. The molecule has 0 saturated carbocycles. The molecule has 3 heterocycles. The van der Waals surface area contributed by atoms with Crippen LogP contribution in [0.1, 0.15) is 23.7 Å². The summed E-state index contributed by atoms with van der Waals surface area (Å²) in [7, 11) is 3.70. The van der Waals surface area contributed by atoms with Crippen molar-refractivity contribution in [1.82, 2.24) is 24.2 Å². The standard InChI is InChI=1S/C29H26F2N6O3S/c1-16-8-13-24(34-33-16)37-27(39)25-21(14-35(3)4)26(18-9-11-19(12-10-18)32-17(2)38)41-28(25)36(29(37)40)15-20-22(30)6-5-7-23(20)31/h5-13H,14-15H2,1-4H3,(H,32,38). The van der Waals surface area contributed by atoms with E-state index in [1.165, 1.54) is 35.0 Å². The number of anilines is 1. The van der Waals surface area contributed by atoms with Crippen molar-refractivity contribution < 1.29 is 13.6 Å². The molecule has 3 aromatic heterocycles. The van der Waals surface area contributed by atoms with Gasteiger partial charge in [-0.2, -0.15) is 5.10 Å². The molecule has 9 nitrogen and oxygen atoms in total. The van der Waals surface area contributed by atoms with E-state index in [2.05, 4.69) is 15.5 Å². The Morgan fingerprint density at radius 2 is 1.66 bits per heavy atom. The number of hydrogen-bond donors (Lipinski definition) is 1. The van der Waals surface area contributed by atoms with Crippen molar-refractivity contribution in [2.75, 3.05) is 19.4 Å². The molecular weight excluding hydrogens is 550 g/mol. The summed E-state index contributed by atoms with van der Waals surface area (Å²) in [5.41, 5.74) is 0.864. The van der Waals surface area contributed by atoms with Gasteiger partial charge in [0.1, 0.15) is 16.5 Å². The van der Waals surface area contributed by atoms with Crippen LogP contribution in [0.15, 0.2) is 64.2 Å². The van der Waals surface area contributed by atoms with Crippen LogP contribution in [-0.4, -0.2) is 44.2 Å². The van der Waals surface area contributed by atoms with Crippen LogP contribution in [0.3, 0.4) is 0 Å². The number of aromatic nitrogens is 4. The SMILES string of the molecule is CC(=O)Nc1ccc(-c2sc3c(c2CN(C)C)c(=O)n(-c2ccc(C)nn2)c(=O)n3Cc2c(F)cccc2F)cc1. The summed E-state index contributed by atoms with van der Waals surface area (Å²) >= 11 is 1.19. The second-order valence-electron chi connectivity index (χ2n) is 9.83. The molecule has 210 valence electrons. The maximum atomic E-state index is 14.8. The molecule has 1 amide bonds. The first kappa shape index (κ1) is 28.0. The Morgan fingerprint density at radius 3 is 2.24 bits per heavy atom. The highest BCUT2D eigenvalue weighted by Crippen LogP contribution is 2.38. The number of hydrogen-bond acceptors (Lipinski definition) is 7. The summed E-state index contributed by atoms with van der Waals surface area (Å²) in [6.45, 7) is 3.02. The quantitative estimate of drug-likeness (QED) is 0.310. The first-order valence-corrected chi connectivity index (χ1v) is 13.4. The number of aryl methyl sites for hydroxylation is 1. The van der Waals surface area contributed by atoms with E-state index < -0.39 is 29.4 Å². The minimum Gasteiger partial charge on any atom is -0.326 e. The van der Waals surface area contributed by atoms with E-state index in [1.54, 1.807) is 37.3 Å². The van der Waals surface area contributed by atoms with Gasteiger partial charge in [0.15, 0.2) is 5.82 Å². The van der Waals surface area contributed by atoms with Gasteiger partial charge in [-0.15, -0.1) is 16.4 Å². The first-order valence-electron chi connectivity index (χ1n) is 12.6. The topological polar surface area (TPSA) is 102 Å². The zero-order valence-electron chi connectivity index (χ0n) is 22.7. The summed E-state index contributed by atoms with van der Waals surface area (Å²) in [6, 6.07) is 13.7. The Morgan fingerprint density at radius 1 is 0.976 bits per heavy atom. The van der Waals surface area contributed by atoms with E-state index in [9.17, 15) is 23.2 Å². The van der Waals surface area contributed by atoms with Crippen LogP contribution in [-0.2, 0) is 17.9 Å². The number of nitrogens with zero attached hydrogens (tertiary/aromatic N) is 5. The second kappa shape index (κ2) is 11.1. The van der Waals surface area contributed by atoms with Crippen molar-refractivity contribution >= 4 is 33.1 Å². The van der Waals surface area contributed by atoms with Crippen molar-refractivity contribution in [3.05, 3.63) is 104 Å². The number of carbonyl (C=O) groups is 1. The molecule has 0 saturated heterocycles. The monoisotopic (exact) mass is 576 g/mol. The summed E-state index contributed by atoms with van der Waals surface area (Å²) in [5, 5.41) is 11.0. The van der Waals surface area contributed by atoms with E-state index in [4.69, 9.17) is 0 Å². The van der Waals surface area contributed by atoms with Crippen LogP contribution >= 0.6 is 11.3 Å². The lowest BCUT2D eigenvalue weighted by atomic mass is 10.1. The van der Waals surface area contributed by atoms with Gasteiger partial charge in [0.25, 0.3) is 5.56 Å². The minimum absolute atomic E-state index is 0.00142. The van der Waals surface area contributed by atoms with Gasteiger partial charge in [-0.05, 0) is 68.5 Å². The lowest BCUT2D eigenvalue weighted by molar-refractivity contribution is -0.114. The maximum Gasteiger partial charge on any atom is 0.338 e. The maximum absolute atomic E-state index is 14.8. The lowest BCUT2D eigenvalue weighted by Gasteiger charge is -2.14. The summed E-state index contributed by atoms with van der Waals surface area (Å²) in [4.78, 5) is 42.3. The highest BCUT2D eigenvalue weighted by Gasteiger charge is 2.25. The molecule has 2 aromatic carbocycles. The Bertz CT molecular complexity index is 1870. The normalized spacial score (nSPS) is 11.4. The molecule has 0 spiro atoms. The lowest BCUT2D eigenvalue weighted by Crippen LogP contribution is -2.39. The number of benzene rings is 2. The molecule has 0 unspecified atom stereocenters. The Labute approximate surface area is 237 Å². The molecular formula is C29H26F2N6O3S. The molecule has 5 aromatic rings. The molecule has 5 rings (SSSR count). The van der Waals surface area contributed by atoms with Gasteiger partial charge in [-0.3, -0.25) is 14.2 Å². The van der Waals surface area contributed by atoms with Crippen LogP contribution < -0.4 is 16.6 Å². The van der Waals surface area contributed by atoms with Crippen molar-refractivity contribution in [3.63, 3.8) is 0 Å². The third kappa shape index (κ3) is 5.43. The largest absolute Gasteiger partial charge is 0.338 e. The fourth-order valence-electron chi connectivity index (χ4n) is 4.57. The Kier molecular flexibility index (Phi) is 7.61. The van der Waals surface area contributed by atoms with Crippen LogP contribution in [0.2, 0.25) is 0 Å². The van der Waals surface area contributed by atoms with Gasteiger partial charge in [-0.25, -0.2) is 18.1 Å². The number of rotatable bonds is 7. The zero-order chi connectivity index (χ0) is 29.4. The van der Waals surface area contributed by atoms with Gasteiger partial charge in [0, 0.05) is 29.6 Å². The number of nitrogens with one attached hydrogen (secondary N) is 1. The highest BCUT2D eigenvalue weighted by molar-refractivity contribution is 7.22. The third-order valence-electron chi connectivity index (χ3n) is 6.41. The minimum atomic E-state index is -0.809. The molecule has 41 heavy (non-hydrogen) atoms. The molecule has 12 heteroatoms. The van der Waals surface area contributed by atoms with E-state index in [1.807, 2.05) is 19.0 Å². The highest BCUT2D eigenvalue weighted by atomic mass is 32.1. The van der Waals surface area contributed by atoms with Crippen LogP contribution in [0.5, 0.6) is 0 Å². The van der Waals surface area contributed by atoms with E-state index >= 15 is 0 Å². The first-order chi connectivity index (χ1) is 19.5. The number of amides is 1. The molecule has 1 N–H and O–H groups in total. The van der Waals surface area contributed by atoms with Crippen molar-refractivity contribution in [2.45, 2.75) is 26.9 Å². The van der Waals surface area contributed by atoms with Crippen molar-refractivity contribution in [2.24, 2.45) is 0 Å². The molecule has 0 bridgehead atoms. The van der Waals surface area contributed by atoms with Gasteiger partial charge in [0.2, 0.25) is 5.91 Å². The van der Waals surface area contributed by atoms with Gasteiger partial charge in [0.05, 0.1) is 17.6 Å². The fraction of sp³-hybridized carbons (Fsp3) is 0.207. The van der Waals surface area contributed by atoms with Crippen LogP contribution in [0.4, 0.5) is 14.5 Å². The number of thiophene rings is 1. The number of carbonyl (C=O) groups excluding carboxylic acids is 1. The molecule has 0 atom stereocenters. The molecule has 0 aliphatic heterocycles. The Balaban J connectivity index is 1.85. The molecule has 0 aliphatic rings. The van der Waals surface area contributed by atoms with Crippen LogP contribution in [0.25, 0.3) is 26.5 Å². The predicted octanol–water partition coefficient (Wildman–Crippen LogP) is 4.33. The third-order valence-corrected chi connectivity index (χ3v) is 7.71. The molecule has 0 aliphatic carbocycles.